The van der Waals surface area contributed by atoms with E-state index >= 15 is 0 Å². The molecule has 3 nitrogen and oxygen atoms in total. The SMILES string of the molecule is CC1CCC(Nc2cc(N)ccn2)C1. The Morgan fingerprint density at radius 2 is 2.36 bits per heavy atom. The summed E-state index contributed by atoms with van der Waals surface area (Å²) >= 11 is 0. The van der Waals surface area contributed by atoms with Crippen LogP contribution in [0.4, 0.5) is 11.5 Å². The van der Waals surface area contributed by atoms with Crippen LogP contribution < -0.4 is 11.1 Å². The number of aromatic nitrogens is 1. The number of nitrogens with one attached hydrogen (secondary N) is 1. The molecule has 3 heteroatoms. The smallest absolute Gasteiger partial charge is 0.128 e. The molecule has 3 N–H and O–H groups in total. The monoisotopic (exact) mass is 191 g/mol. The van der Waals surface area contributed by atoms with E-state index in [0.29, 0.717) is 6.04 Å². The lowest BCUT2D eigenvalue weighted by Crippen LogP contribution is -2.16. The van der Waals surface area contributed by atoms with Crippen LogP contribution in [0.3, 0.4) is 0 Å². The van der Waals surface area contributed by atoms with E-state index in [1.807, 2.05) is 12.1 Å². The molecule has 0 radical (unpaired) electrons. The highest BCUT2D eigenvalue weighted by Crippen LogP contribution is 2.27. The zero-order valence-electron chi connectivity index (χ0n) is 8.53. The highest BCUT2D eigenvalue weighted by molar-refractivity contribution is 5.48. The van der Waals surface area contributed by atoms with Crippen LogP contribution in [0.25, 0.3) is 0 Å². The average molecular weight is 191 g/mol. The number of hydrogen-bond donors (Lipinski definition) is 2. The van der Waals surface area contributed by atoms with Gasteiger partial charge in [-0.2, -0.15) is 0 Å². The van der Waals surface area contributed by atoms with Gasteiger partial charge < -0.3 is 11.1 Å². The summed E-state index contributed by atoms with van der Waals surface area (Å²) in [4.78, 5) is 4.24. The van der Waals surface area contributed by atoms with Crippen molar-refractivity contribution in [2.75, 3.05) is 11.1 Å². The summed E-state index contributed by atoms with van der Waals surface area (Å²) in [6, 6.07) is 4.28. The van der Waals surface area contributed by atoms with E-state index in [0.717, 1.165) is 17.4 Å². The van der Waals surface area contributed by atoms with Crippen LogP contribution in [0.5, 0.6) is 0 Å². The molecule has 76 valence electrons. The zero-order valence-corrected chi connectivity index (χ0v) is 8.53. The Labute approximate surface area is 84.7 Å². The maximum Gasteiger partial charge on any atom is 0.128 e. The second-order valence-corrected chi connectivity index (χ2v) is 4.23. The number of anilines is 2. The molecule has 0 aromatic carbocycles. The Morgan fingerprint density at radius 3 is 3.00 bits per heavy atom. The largest absolute Gasteiger partial charge is 0.399 e. The van der Waals surface area contributed by atoms with E-state index < -0.39 is 0 Å². The second-order valence-electron chi connectivity index (χ2n) is 4.23. The van der Waals surface area contributed by atoms with Crippen molar-refractivity contribution in [3.05, 3.63) is 18.3 Å². The first-order chi connectivity index (χ1) is 6.74. The number of hydrogen-bond acceptors (Lipinski definition) is 3. The van der Waals surface area contributed by atoms with Gasteiger partial charge in [-0.05, 0) is 31.2 Å². The molecule has 1 aliphatic carbocycles. The van der Waals surface area contributed by atoms with E-state index in [1.165, 1.54) is 19.3 Å². The standard InChI is InChI=1S/C11H17N3/c1-8-2-3-10(6-8)14-11-7-9(12)4-5-13-11/h4-5,7-8,10H,2-3,6H2,1H3,(H3,12,13,14). The fourth-order valence-corrected chi connectivity index (χ4v) is 2.07. The van der Waals surface area contributed by atoms with Crippen LogP contribution in [0.1, 0.15) is 26.2 Å². The van der Waals surface area contributed by atoms with Crippen LogP contribution in [-0.4, -0.2) is 11.0 Å². The Morgan fingerprint density at radius 1 is 1.50 bits per heavy atom. The second kappa shape index (κ2) is 3.86. The molecule has 1 fully saturated rings. The van der Waals surface area contributed by atoms with E-state index in [2.05, 4.69) is 17.2 Å². The quantitative estimate of drug-likeness (QED) is 0.754. The third-order valence-electron chi connectivity index (χ3n) is 2.83. The Kier molecular flexibility index (Phi) is 2.57. The highest BCUT2D eigenvalue weighted by atomic mass is 15.0. The molecule has 1 aliphatic rings. The summed E-state index contributed by atoms with van der Waals surface area (Å²) in [6.45, 7) is 2.30. The van der Waals surface area contributed by atoms with E-state index in [9.17, 15) is 0 Å². The fraction of sp³-hybridized carbons (Fsp3) is 0.545. The van der Waals surface area contributed by atoms with Gasteiger partial charge in [0.05, 0.1) is 0 Å². The van der Waals surface area contributed by atoms with Gasteiger partial charge in [-0.1, -0.05) is 6.92 Å². The normalized spacial score (nSPS) is 26.4. The lowest BCUT2D eigenvalue weighted by molar-refractivity contribution is 0.602. The van der Waals surface area contributed by atoms with Gasteiger partial charge in [0.25, 0.3) is 0 Å². The maximum absolute atomic E-state index is 5.68. The molecule has 1 aromatic rings. The lowest BCUT2D eigenvalue weighted by Gasteiger charge is -2.12. The molecule has 0 amide bonds. The van der Waals surface area contributed by atoms with Crippen LogP contribution in [-0.2, 0) is 0 Å². The summed E-state index contributed by atoms with van der Waals surface area (Å²) < 4.78 is 0. The molecular weight excluding hydrogens is 174 g/mol. The minimum absolute atomic E-state index is 0.583. The lowest BCUT2D eigenvalue weighted by atomic mass is 10.1. The fourth-order valence-electron chi connectivity index (χ4n) is 2.07. The summed E-state index contributed by atoms with van der Waals surface area (Å²) in [5.74, 6) is 1.75. The van der Waals surface area contributed by atoms with Gasteiger partial charge in [0, 0.05) is 24.0 Å². The molecule has 1 heterocycles. The molecule has 0 spiro atoms. The number of nitrogens with two attached hydrogens (primary N) is 1. The summed E-state index contributed by atoms with van der Waals surface area (Å²) in [5, 5.41) is 3.42. The molecule has 2 atom stereocenters. The first-order valence-electron chi connectivity index (χ1n) is 5.22. The van der Waals surface area contributed by atoms with Crippen molar-refractivity contribution in [1.82, 2.24) is 4.98 Å². The molecule has 2 rings (SSSR count). The van der Waals surface area contributed by atoms with Crippen molar-refractivity contribution < 1.29 is 0 Å². The summed E-state index contributed by atoms with van der Waals surface area (Å²) in [6.07, 6.45) is 5.56. The van der Waals surface area contributed by atoms with Crippen LogP contribution in [0.15, 0.2) is 18.3 Å². The molecule has 2 unspecified atom stereocenters. The van der Waals surface area contributed by atoms with Crippen LogP contribution in [0.2, 0.25) is 0 Å². The van der Waals surface area contributed by atoms with Crippen molar-refractivity contribution in [2.45, 2.75) is 32.2 Å². The predicted molar refractivity (Wildman–Crippen MR) is 59.1 cm³/mol. The van der Waals surface area contributed by atoms with Gasteiger partial charge in [0.2, 0.25) is 0 Å². The third-order valence-corrected chi connectivity index (χ3v) is 2.83. The van der Waals surface area contributed by atoms with Crippen molar-refractivity contribution in [1.29, 1.82) is 0 Å². The Bertz CT molecular complexity index is 311. The molecular formula is C11H17N3. The van der Waals surface area contributed by atoms with Gasteiger partial charge in [-0.3, -0.25) is 0 Å². The van der Waals surface area contributed by atoms with Crippen LogP contribution in [0, 0.1) is 5.92 Å². The van der Waals surface area contributed by atoms with E-state index in [-0.39, 0.29) is 0 Å². The first-order valence-corrected chi connectivity index (χ1v) is 5.22. The van der Waals surface area contributed by atoms with Crippen molar-refractivity contribution in [2.24, 2.45) is 5.92 Å². The topological polar surface area (TPSA) is 50.9 Å². The number of pyridine rings is 1. The summed E-state index contributed by atoms with van der Waals surface area (Å²) in [5.41, 5.74) is 6.45. The molecule has 1 aromatic heterocycles. The van der Waals surface area contributed by atoms with Gasteiger partial charge in [-0.15, -0.1) is 0 Å². The molecule has 0 saturated heterocycles. The molecule has 0 aliphatic heterocycles. The van der Waals surface area contributed by atoms with E-state index in [4.69, 9.17) is 5.73 Å². The minimum Gasteiger partial charge on any atom is -0.399 e. The van der Waals surface area contributed by atoms with Gasteiger partial charge in [0.15, 0.2) is 0 Å². The van der Waals surface area contributed by atoms with Crippen molar-refractivity contribution in [3.63, 3.8) is 0 Å². The van der Waals surface area contributed by atoms with Gasteiger partial charge in [-0.25, -0.2) is 4.98 Å². The van der Waals surface area contributed by atoms with Gasteiger partial charge in [0.1, 0.15) is 5.82 Å². The maximum atomic E-state index is 5.68. The highest BCUT2D eigenvalue weighted by Gasteiger charge is 2.20. The Hall–Kier alpha value is -1.25. The molecule has 0 bridgehead atoms. The van der Waals surface area contributed by atoms with E-state index in [1.54, 1.807) is 6.20 Å². The Balaban J connectivity index is 1.97. The molecule has 14 heavy (non-hydrogen) atoms. The zero-order chi connectivity index (χ0) is 9.97. The third kappa shape index (κ3) is 2.16. The van der Waals surface area contributed by atoms with Crippen molar-refractivity contribution in [3.8, 4) is 0 Å². The number of nitrogens with zero attached hydrogens (tertiary/aromatic N) is 1. The van der Waals surface area contributed by atoms with Crippen LogP contribution >= 0.6 is 0 Å². The summed E-state index contributed by atoms with van der Waals surface area (Å²) in [7, 11) is 0. The number of rotatable bonds is 2. The van der Waals surface area contributed by atoms with Gasteiger partial charge >= 0.3 is 0 Å². The number of nitrogen functional groups attached to an aromatic ring is 1. The minimum atomic E-state index is 0.583. The van der Waals surface area contributed by atoms with Crippen molar-refractivity contribution >= 4 is 11.5 Å². The average Bonchev–Trinajstić information content (AvgIpc) is 2.51. The predicted octanol–water partition coefficient (Wildman–Crippen LogP) is 2.26. The molecule has 1 saturated carbocycles. The first kappa shape index (κ1) is 9.31.